The fraction of sp³-hybridized carbons (Fsp3) is 0.214. The number of aromatic nitrogens is 1. The lowest BCUT2D eigenvalue weighted by atomic mass is 10.1. The molecule has 0 saturated carbocycles. The Hall–Kier alpha value is -4.10. The lowest BCUT2D eigenvalue weighted by molar-refractivity contribution is 0.122. The van der Waals surface area contributed by atoms with Gasteiger partial charge >= 0.3 is 0 Å². The van der Waals surface area contributed by atoms with Gasteiger partial charge in [-0.25, -0.2) is 4.57 Å². The molecule has 178 valence electrons. The summed E-state index contributed by atoms with van der Waals surface area (Å²) in [6.45, 7) is 5.67. The minimum absolute atomic E-state index is 0.161. The van der Waals surface area contributed by atoms with Crippen molar-refractivity contribution in [3.05, 3.63) is 88.7 Å². The summed E-state index contributed by atoms with van der Waals surface area (Å²) in [7, 11) is 0. The number of nitrogens with zero attached hydrogens (tertiary/aromatic N) is 3. The molecule has 5 rings (SSSR count). The van der Waals surface area contributed by atoms with E-state index in [1.165, 1.54) is 4.57 Å². The first kappa shape index (κ1) is 22.7. The van der Waals surface area contributed by atoms with Crippen LogP contribution in [0.3, 0.4) is 0 Å². The second-order valence-corrected chi connectivity index (χ2v) is 8.22. The zero-order valence-electron chi connectivity index (χ0n) is 19.6. The lowest BCUT2D eigenvalue weighted by Gasteiger charge is -2.28. The molecule has 1 fully saturated rings. The zero-order chi connectivity index (χ0) is 24.2. The molecule has 4 aromatic rings. The topological polar surface area (TPSA) is 76.3 Å². The largest absolute Gasteiger partial charge is 0.494 e. The Kier molecular flexibility index (Phi) is 6.50. The first-order valence-electron chi connectivity index (χ1n) is 11.7. The molecule has 0 radical (unpaired) electrons. The highest BCUT2D eigenvalue weighted by molar-refractivity contribution is 6.02. The number of aliphatic imine (C=N–C) groups is 1. The van der Waals surface area contributed by atoms with Crippen molar-refractivity contribution < 1.29 is 14.6 Å². The van der Waals surface area contributed by atoms with Gasteiger partial charge in [0.2, 0.25) is 5.88 Å². The van der Waals surface area contributed by atoms with E-state index in [1.807, 2.05) is 49.4 Å². The number of benzene rings is 3. The highest BCUT2D eigenvalue weighted by atomic mass is 16.5. The first-order chi connectivity index (χ1) is 17.2. The van der Waals surface area contributed by atoms with Crippen molar-refractivity contribution in [1.82, 2.24) is 4.57 Å². The molecule has 35 heavy (non-hydrogen) atoms. The minimum atomic E-state index is -0.297. The molecule has 0 amide bonds. The van der Waals surface area contributed by atoms with E-state index in [4.69, 9.17) is 9.47 Å². The fourth-order valence-corrected chi connectivity index (χ4v) is 4.30. The van der Waals surface area contributed by atoms with Gasteiger partial charge in [-0.3, -0.25) is 9.79 Å². The number of pyridine rings is 1. The second kappa shape index (κ2) is 10.0. The van der Waals surface area contributed by atoms with Gasteiger partial charge in [0.15, 0.2) is 0 Å². The molecule has 3 aromatic carbocycles. The molecular weight excluding hydrogens is 442 g/mol. The summed E-state index contributed by atoms with van der Waals surface area (Å²) >= 11 is 0. The Morgan fingerprint density at radius 3 is 2.29 bits per heavy atom. The third kappa shape index (κ3) is 4.63. The lowest BCUT2D eigenvalue weighted by Crippen LogP contribution is -2.36. The van der Waals surface area contributed by atoms with Crippen molar-refractivity contribution in [2.24, 2.45) is 4.99 Å². The SMILES string of the molecule is CCOc1ccc(-n2c(O)c(C=Nc3ccc(N4CCOCC4)cc3)c3ccccc3c2=O)cc1. The molecule has 1 aromatic heterocycles. The van der Waals surface area contributed by atoms with E-state index in [2.05, 4.69) is 9.89 Å². The Labute approximate surface area is 203 Å². The van der Waals surface area contributed by atoms with Crippen LogP contribution in [-0.4, -0.2) is 48.8 Å². The molecule has 0 spiro atoms. The number of ether oxygens (including phenoxy) is 2. The number of hydrogen-bond acceptors (Lipinski definition) is 6. The normalized spacial score (nSPS) is 14.0. The monoisotopic (exact) mass is 469 g/mol. The van der Waals surface area contributed by atoms with Gasteiger partial charge < -0.3 is 19.5 Å². The predicted octanol–water partition coefficient (Wildman–Crippen LogP) is 4.68. The van der Waals surface area contributed by atoms with Crippen molar-refractivity contribution >= 4 is 28.4 Å². The number of anilines is 1. The van der Waals surface area contributed by atoms with Gasteiger partial charge in [-0.05, 0) is 61.5 Å². The standard InChI is InChI=1S/C28H27N3O4/c1-2-35-23-13-11-22(12-14-23)31-27(32)25-6-4-3-5-24(25)26(28(31)33)19-29-20-7-9-21(10-8-20)30-15-17-34-18-16-30/h3-14,19,33H,2,15-18H2,1H3. The molecule has 1 aliphatic heterocycles. The Morgan fingerprint density at radius 2 is 1.60 bits per heavy atom. The van der Waals surface area contributed by atoms with Crippen molar-refractivity contribution in [3.8, 4) is 17.3 Å². The van der Waals surface area contributed by atoms with E-state index >= 15 is 0 Å². The van der Waals surface area contributed by atoms with Gasteiger partial charge in [0.05, 0.1) is 36.8 Å². The maximum absolute atomic E-state index is 13.3. The molecule has 7 nitrogen and oxygen atoms in total. The molecule has 7 heteroatoms. The van der Waals surface area contributed by atoms with E-state index in [1.54, 1.807) is 36.5 Å². The third-order valence-corrected chi connectivity index (χ3v) is 6.08. The van der Waals surface area contributed by atoms with E-state index in [9.17, 15) is 9.90 Å². The molecule has 2 heterocycles. The van der Waals surface area contributed by atoms with Gasteiger partial charge in [0.25, 0.3) is 5.56 Å². The van der Waals surface area contributed by atoms with Crippen LogP contribution in [0.25, 0.3) is 16.5 Å². The Morgan fingerprint density at radius 1 is 0.943 bits per heavy atom. The average molecular weight is 470 g/mol. The predicted molar refractivity (Wildman–Crippen MR) is 139 cm³/mol. The van der Waals surface area contributed by atoms with Crippen LogP contribution in [0.1, 0.15) is 12.5 Å². The first-order valence-corrected chi connectivity index (χ1v) is 11.7. The molecule has 0 aliphatic carbocycles. The van der Waals surface area contributed by atoms with E-state index in [0.717, 1.165) is 37.7 Å². The van der Waals surface area contributed by atoms with Crippen LogP contribution in [0.5, 0.6) is 11.6 Å². The van der Waals surface area contributed by atoms with Crippen LogP contribution < -0.4 is 15.2 Å². The van der Waals surface area contributed by atoms with Gasteiger partial charge in [0.1, 0.15) is 5.75 Å². The maximum Gasteiger partial charge on any atom is 0.265 e. The second-order valence-electron chi connectivity index (χ2n) is 8.22. The van der Waals surface area contributed by atoms with Crippen LogP contribution in [0.15, 0.2) is 82.6 Å². The summed E-state index contributed by atoms with van der Waals surface area (Å²) < 4.78 is 12.2. The van der Waals surface area contributed by atoms with Crippen molar-refractivity contribution in [2.45, 2.75) is 6.92 Å². The third-order valence-electron chi connectivity index (χ3n) is 6.08. The number of fused-ring (bicyclic) bond motifs is 1. The number of rotatable bonds is 6. The van der Waals surface area contributed by atoms with E-state index in [0.29, 0.717) is 34.4 Å². The summed E-state index contributed by atoms with van der Waals surface area (Å²) in [6.07, 6.45) is 1.62. The quantitative estimate of drug-likeness (QED) is 0.415. The van der Waals surface area contributed by atoms with E-state index in [-0.39, 0.29) is 11.4 Å². The molecule has 0 bridgehead atoms. The molecular formula is C28H27N3O4. The summed E-state index contributed by atoms with van der Waals surface area (Å²) in [6, 6.07) is 22.3. The highest BCUT2D eigenvalue weighted by Crippen LogP contribution is 2.28. The van der Waals surface area contributed by atoms with Gasteiger partial charge in [-0.1, -0.05) is 18.2 Å². The highest BCUT2D eigenvalue weighted by Gasteiger charge is 2.16. The summed E-state index contributed by atoms with van der Waals surface area (Å²) in [5.41, 5.74) is 2.61. The van der Waals surface area contributed by atoms with Crippen LogP contribution in [0.2, 0.25) is 0 Å². The van der Waals surface area contributed by atoms with Crippen LogP contribution in [-0.2, 0) is 4.74 Å². The molecule has 1 aliphatic rings. The zero-order valence-corrected chi connectivity index (χ0v) is 19.6. The van der Waals surface area contributed by atoms with E-state index < -0.39 is 0 Å². The summed E-state index contributed by atoms with van der Waals surface area (Å²) in [5, 5.41) is 12.4. The summed E-state index contributed by atoms with van der Waals surface area (Å²) in [5.74, 6) is 0.540. The number of aromatic hydroxyl groups is 1. The molecule has 0 unspecified atom stereocenters. The molecule has 1 N–H and O–H groups in total. The van der Waals surface area contributed by atoms with Crippen molar-refractivity contribution in [2.75, 3.05) is 37.8 Å². The van der Waals surface area contributed by atoms with Crippen molar-refractivity contribution in [3.63, 3.8) is 0 Å². The van der Waals surface area contributed by atoms with Gasteiger partial charge in [0, 0.05) is 35.8 Å². The molecule has 1 saturated heterocycles. The number of morpholine rings is 1. The average Bonchev–Trinajstić information content (AvgIpc) is 2.91. The smallest absolute Gasteiger partial charge is 0.265 e. The maximum atomic E-state index is 13.3. The number of hydrogen-bond donors (Lipinski definition) is 1. The van der Waals surface area contributed by atoms with Crippen LogP contribution in [0, 0.1) is 0 Å². The minimum Gasteiger partial charge on any atom is -0.494 e. The van der Waals surface area contributed by atoms with Gasteiger partial charge in [-0.15, -0.1) is 0 Å². The summed E-state index contributed by atoms with van der Waals surface area (Å²) in [4.78, 5) is 20.2. The van der Waals surface area contributed by atoms with Crippen molar-refractivity contribution in [1.29, 1.82) is 0 Å². The Bertz CT molecular complexity index is 1400. The van der Waals surface area contributed by atoms with Gasteiger partial charge in [-0.2, -0.15) is 0 Å². The van der Waals surface area contributed by atoms with Crippen LogP contribution >= 0.6 is 0 Å². The Balaban J connectivity index is 1.53. The van der Waals surface area contributed by atoms with Crippen LogP contribution in [0.4, 0.5) is 11.4 Å². The molecule has 0 atom stereocenters. The fourth-order valence-electron chi connectivity index (χ4n) is 4.30.